The van der Waals surface area contributed by atoms with E-state index in [0.29, 0.717) is 9.36 Å². The zero-order chi connectivity index (χ0) is 12.6. The van der Waals surface area contributed by atoms with Crippen molar-refractivity contribution in [2.24, 2.45) is 0 Å². The summed E-state index contributed by atoms with van der Waals surface area (Å²) in [5.41, 5.74) is 1.81. The number of aliphatic hydroxyl groups excluding tert-OH is 1. The van der Waals surface area contributed by atoms with Crippen LogP contribution in [0.3, 0.4) is 0 Å². The molecule has 17 heavy (non-hydrogen) atoms. The van der Waals surface area contributed by atoms with Crippen molar-refractivity contribution < 1.29 is 5.11 Å². The summed E-state index contributed by atoms with van der Waals surface area (Å²) in [7, 11) is 0. The first-order valence-electron chi connectivity index (χ1n) is 4.88. The molecule has 1 unspecified atom stereocenters. The fraction of sp³-hybridized carbons (Fsp3) is 0.167. The molecule has 2 rings (SSSR count). The molecule has 1 aromatic carbocycles. The van der Waals surface area contributed by atoms with Crippen LogP contribution in [0.25, 0.3) is 0 Å². The lowest BCUT2D eigenvalue weighted by molar-refractivity contribution is 0.223. The topological polar surface area (TPSA) is 20.2 Å². The highest BCUT2D eigenvalue weighted by atomic mass is 79.9. The first-order chi connectivity index (χ1) is 7.99. The van der Waals surface area contributed by atoms with E-state index in [1.54, 1.807) is 6.07 Å². The van der Waals surface area contributed by atoms with Crippen LogP contribution in [-0.4, -0.2) is 5.11 Å². The molecule has 0 aliphatic rings. The van der Waals surface area contributed by atoms with Crippen LogP contribution < -0.4 is 0 Å². The van der Waals surface area contributed by atoms with Gasteiger partial charge in [-0.3, -0.25) is 0 Å². The Bertz CT molecular complexity index is 534. The predicted molar refractivity (Wildman–Crippen MR) is 77.3 cm³/mol. The van der Waals surface area contributed by atoms with Gasteiger partial charge in [-0.05, 0) is 52.2 Å². The van der Waals surface area contributed by atoms with Crippen LogP contribution >= 0.6 is 50.5 Å². The number of aliphatic hydroxyl groups is 1. The minimum absolute atomic E-state index is 0.617. The lowest BCUT2D eigenvalue weighted by Gasteiger charge is -2.12. The molecule has 1 atom stereocenters. The van der Waals surface area contributed by atoms with Crippen molar-refractivity contribution >= 4 is 50.5 Å². The van der Waals surface area contributed by atoms with Gasteiger partial charge in [0.2, 0.25) is 0 Å². The van der Waals surface area contributed by atoms with E-state index in [1.807, 2.05) is 25.1 Å². The Labute approximate surface area is 122 Å². The molecule has 90 valence electrons. The molecule has 0 saturated carbocycles. The molecule has 2 aromatic rings. The molecule has 0 aliphatic carbocycles. The Morgan fingerprint density at radius 1 is 1.29 bits per heavy atom. The third-order valence-electron chi connectivity index (χ3n) is 2.47. The predicted octanol–water partition coefficient (Wildman–Crippen LogP) is 5.21. The third kappa shape index (κ3) is 2.85. The molecule has 0 spiro atoms. The molecule has 0 aliphatic heterocycles. The van der Waals surface area contributed by atoms with Crippen LogP contribution in [0.1, 0.15) is 22.1 Å². The van der Waals surface area contributed by atoms with Gasteiger partial charge in [-0.1, -0.05) is 29.3 Å². The molecular formula is C12H9BrCl2OS. The Hall–Kier alpha value is -0.0600. The van der Waals surface area contributed by atoms with Gasteiger partial charge < -0.3 is 5.11 Å². The maximum absolute atomic E-state index is 10.3. The average molecular weight is 352 g/mol. The maximum Gasteiger partial charge on any atom is 0.114 e. The molecule has 0 amide bonds. The van der Waals surface area contributed by atoms with Gasteiger partial charge in [-0.2, -0.15) is 0 Å². The van der Waals surface area contributed by atoms with Gasteiger partial charge in [0.15, 0.2) is 0 Å². The van der Waals surface area contributed by atoms with E-state index in [9.17, 15) is 5.11 Å². The molecule has 1 N–H and O–H groups in total. The number of hydrogen-bond acceptors (Lipinski definition) is 2. The number of hydrogen-bond donors (Lipinski definition) is 1. The van der Waals surface area contributed by atoms with Crippen LogP contribution in [0.4, 0.5) is 0 Å². The van der Waals surface area contributed by atoms with Gasteiger partial charge in [0.05, 0.1) is 0 Å². The van der Waals surface area contributed by atoms with E-state index in [2.05, 4.69) is 15.9 Å². The number of halogens is 3. The van der Waals surface area contributed by atoms with E-state index in [0.717, 1.165) is 20.5 Å². The summed E-state index contributed by atoms with van der Waals surface area (Å²) in [5.74, 6) is 0. The zero-order valence-corrected chi connectivity index (χ0v) is 12.8. The molecule has 5 heteroatoms. The molecular weight excluding hydrogens is 343 g/mol. The summed E-state index contributed by atoms with van der Waals surface area (Å²) in [6.07, 6.45) is -0.692. The van der Waals surface area contributed by atoms with Crippen LogP contribution in [0, 0.1) is 6.92 Å². The lowest BCUT2D eigenvalue weighted by Crippen LogP contribution is -1.99. The third-order valence-corrected chi connectivity index (χ3v) is 5.23. The smallest absolute Gasteiger partial charge is 0.114 e. The quantitative estimate of drug-likeness (QED) is 0.787. The van der Waals surface area contributed by atoms with Gasteiger partial charge in [0.25, 0.3) is 0 Å². The normalized spacial score (nSPS) is 12.8. The molecule has 0 saturated heterocycles. The molecule has 1 nitrogen and oxygen atoms in total. The summed E-state index contributed by atoms with van der Waals surface area (Å²) in [5, 5.41) is 10.9. The summed E-state index contributed by atoms with van der Waals surface area (Å²) in [6.45, 7) is 1.94. The summed E-state index contributed by atoms with van der Waals surface area (Å²) < 4.78 is 1.44. The fourth-order valence-corrected chi connectivity index (χ4v) is 3.48. The summed E-state index contributed by atoms with van der Waals surface area (Å²) in [4.78, 5) is 0.798. The molecule has 1 aromatic heterocycles. The Kier molecular flexibility index (Phi) is 4.16. The van der Waals surface area contributed by atoms with E-state index < -0.39 is 6.10 Å². The van der Waals surface area contributed by atoms with E-state index in [4.69, 9.17) is 23.2 Å². The van der Waals surface area contributed by atoms with Crippen molar-refractivity contribution in [3.05, 3.63) is 54.1 Å². The van der Waals surface area contributed by atoms with Crippen molar-refractivity contribution in [2.75, 3.05) is 0 Å². The number of thiophene rings is 1. The molecule has 0 radical (unpaired) electrons. The van der Waals surface area contributed by atoms with E-state index in [-0.39, 0.29) is 0 Å². The average Bonchev–Trinajstić information content (AvgIpc) is 2.62. The van der Waals surface area contributed by atoms with E-state index >= 15 is 0 Å². The highest BCUT2D eigenvalue weighted by Crippen LogP contribution is 2.38. The Morgan fingerprint density at radius 3 is 2.59 bits per heavy atom. The molecule has 0 fully saturated rings. The second-order valence-corrected chi connectivity index (χ2v) is 6.65. The zero-order valence-electron chi connectivity index (χ0n) is 8.88. The van der Waals surface area contributed by atoms with Crippen LogP contribution in [-0.2, 0) is 0 Å². The minimum Gasteiger partial charge on any atom is -0.383 e. The molecule has 1 heterocycles. The number of aryl methyl sites for hydroxylation is 1. The number of rotatable bonds is 2. The number of benzene rings is 1. The lowest BCUT2D eigenvalue weighted by atomic mass is 10.0. The van der Waals surface area contributed by atoms with Crippen LogP contribution in [0.15, 0.2) is 28.7 Å². The van der Waals surface area contributed by atoms with Gasteiger partial charge >= 0.3 is 0 Å². The Morgan fingerprint density at radius 2 is 2.00 bits per heavy atom. The molecule has 0 bridgehead atoms. The van der Waals surface area contributed by atoms with Gasteiger partial charge in [0, 0.05) is 14.4 Å². The van der Waals surface area contributed by atoms with Crippen molar-refractivity contribution in [1.29, 1.82) is 0 Å². The van der Waals surface area contributed by atoms with Crippen LogP contribution in [0.5, 0.6) is 0 Å². The first kappa shape index (κ1) is 13.4. The second kappa shape index (κ2) is 5.29. The van der Waals surface area contributed by atoms with Gasteiger partial charge in [-0.25, -0.2) is 0 Å². The highest BCUT2D eigenvalue weighted by Gasteiger charge is 2.17. The standard InChI is InChI=1S/C12H9BrCl2OS/c1-6-2-3-7(14)4-8(6)11(16)10-5-9(13)12(15)17-10/h2-5,11,16H,1H3. The first-order valence-corrected chi connectivity index (χ1v) is 7.24. The SMILES string of the molecule is Cc1ccc(Cl)cc1C(O)c1cc(Br)c(Cl)s1. The van der Waals surface area contributed by atoms with Crippen molar-refractivity contribution in [2.45, 2.75) is 13.0 Å². The van der Waals surface area contributed by atoms with E-state index in [1.165, 1.54) is 11.3 Å². The monoisotopic (exact) mass is 350 g/mol. The minimum atomic E-state index is -0.692. The Balaban J connectivity index is 2.42. The maximum atomic E-state index is 10.3. The van der Waals surface area contributed by atoms with Crippen molar-refractivity contribution in [3.63, 3.8) is 0 Å². The fourth-order valence-electron chi connectivity index (χ4n) is 1.56. The largest absolute Gasteiger partial charge is 0.383 e. The second-order valence-electron chi connectivity index (χ2n) is 3.67. The van der Waals surface area contributed by atoms with Crippen molar-refractivity contribution in [3.8, 4) is 0 Å². The summed E-state index contributed by atoms with van der Waals surface area (Å²) in [6, 6.07) is 7.32. The van der Waals surface area contributed by atoms with Gasteiger partial charge in [-0.15, -0.1) is 11.3 Å². The van der Waals surface area contributed by atoms with Crippen molar-refractivity contribution in [1.82, 2.24) is 0 Å². The van der Waals surface area contributed by atoms with Crippen LogP contribution in [0.2, 0.25) is 9.36 Å². The highest BCUT2D eigenvalue weighted by molar-refractivity contribution is 9.10. The summed E-state index contributed by atoms with van der Waals surface area (Å²) >= 11 is 16.6. The van der Waals surface area contributed by atoms with Gasteiger partial charge in [0.1, 0.15) is 10.4 Å².